The number of aryl methyl sites for hydroxylation is 1. The highest BCUT2D eigenvalue weighted by molar-refractivity contribution is 5.52. The Kier molecular flexibility index (Phi) is 4.17. The van der Waals surface area contributed by atoms with Crippen molar-refractivity contribution in [1.82, 2.24) is 0 Å². The largest absolute Gasteiger partial charge is 0.380 e. The van der Waals surface area contributed by atoms with Crippen LogP contribution in [0.5, 0.6) is 0 Å². The Labute approximate surface area is 116 Å². The maximum atomic E-state index is 13.8. The number of benzene rings is 1. The molecule has 0 atom stereocenters. The summed E-state index contributed by atoms with van der Waals surface area (Å²) in [6.45, 7) is 8.94. The van der Waals surface area contributed by atoms with Gasteiger partial charge in [-0.1, -0.05) is 32.9 Å². The van der Waals surface area contributed by atoms with E-state index in [1.54, 1.807) is 6.07 Å². The Morgan fingerprint density at radius 2 is 1.74 bits per heavy atom. The van der Waals surface area contributed by atoms with Crippen molar-refractivity contribution in [2.75, 3.05) is 5.32 Å². The zero-order chi connectivity index (χ0) is 14.0. The van der Waals surface area contributed by atoms with E-state index in [0.717, 1.165) is 24.3 Å². The van der Waals surface area contributed by atoms with Gasteiger partial charge in [-0.05, 0) is 55.6 Å². The molecule has 1 fully saturated rings. The highest BCUT2D eigenvalue weighted by Gasteiger charge is 2.29. The van der Waals surface area contributed by atoms with Crippen LogP contribution in [0.25, 0.3) is 0 Å². The highest BCUT2D eigenvalue weighted by atomic mass is 19.1. The Morgan fingerprint density at radius 1 is 1.11 bits per heavy atom. The molecule has 0 amide bonds. The zero-order valence-corrected chi connectivity index (χ0v) is 12.6. The van der Waals surface area contributed by atoms with Crippen LogP contribution in [0.4, 0.5) is 10.1 Å². The van der Waals surface area contributed by atoms with E-state index in [4.69, 9.17) is 0 Å². The fraction of sp³-hybridized carbons (Fsp3) is 0.647. The summed E-state index contributed by atoms with van der Waals surface area (Å²) in [4.78, 5) is 0. The van der Waals surface area contributed by atoms with E-state index < -0.39 is 0 Å². The van der Waals surface area contributed by atoms with Crippen molar-refractivity contribution in [2.24, 2.45) is 11.3 Å². The van der Waals surface area contributed by atoms with E-state index in [1.165, 1.54) is 18.9 Å². The molecule has 2 heteroatoms. The van der Waals surface area contributed by atoms with Gasteiger partial charge in [0.05, 0.1) is 5.69 Å². The van der Waals surface area contributed by atoms with E-state index in [9.17, 15) is 4.39 Å². The lowest BCUT2D eigenvalue weighted by molar-refractivity contribution is 0.173. The molecule has 0 unspecified atom stereocenters. The fourth-order valence-corrected chi connectivity index (χ4v) is 3.12. The summed E-state index contributed by atoms with van der Waals surface area (Å²) in [5.74, 6) is 0.671. The highest BCUT2D eigenvalue weighted by Crippen LogP contribution is 2.38. The van der Waals surface area contributed by atoms with E-state index in [1.807, 2.05) is 13.0 Å². The number of halogens is 1. The minimum Gasteiger partial charge on any atom is -0.380 e. The lowest BCUT2D eigenvalue weighted by Crippen LogP contribution is -2.32. The van der Waals surface area contributed by atoms with Gasteiger partial charge in [0.25, 0.3) is 0 Å². The summed E-state index contributed by atoms with van der Waals surface area (Å²) in [7, 11) is 0. The predicted molar refractivity (Wildman–Crippen MR) is 80.0 cm³/mol. The number of nitrogens with one attached hydrogen (secondary N) is 1. The first kappa shape index (κ1) is 14.4. The number of hydrogen-bond donors (Lipinski definition) is 1. The van der Waals surface area contributed by atoms with Crippen LogP contribution in [0, 0.1) is 24.1 Å². The first-order valence-corrected chi connectivity index (χ1v) is 7.39. The summed E-state index contributed by atoms with van der Waals surface area (Å²) in [5.41, 5.74) is 2.10. The minimum atomic E-state index is -0.127. The molecule has 1 saturated carbocycles. The first-order chi connectivity index (χ1) is 8.88. The lowest BCUT2D eigenvalue weighted by Gasteiger charge is -2.37. The van der Waals surface area contributed by atoms with Gasteiger partial charge in [-0.2, -0.15) is 0 Å². The van der Waals surface area contributed by atoms with Crippen molar-refractivity contribution in [2.45, 2.75) is 59.4 Å². The molecular formula is C17H26FN. The van der Waals surface area contributed by atoms with Crippen LogP contribution in [0.15, 0.2) is 18.2 Å². The standard InChI is InChI=1S/C17H26FN/c1-12-6-5-7-15(18)16(12)19-14-10-8-13(9-11-14)17(2,3)4/h5-7,13-14,19H,8-11H2,1-4H3. The predicted octanol–water partition coefficient (Wildman–Crippen LogP) is 5.15. The van der Waals surface area contributed by atoms with Gasteiger partial charge in [-0.15, -0.1) is 0 Å². The van der Waals surface area contributed by atoms with Crippen molar-refractivity contribution in [3.63, 3.8) is 0 Å². The van der Waals surface area contributed by atoms with E-state index in [2.05, 4.69) is 26.1 Å². The monoisotopic (exact) mass is 263 g/mol. The molecule has 0 spiro atoms. The third-order valence-electron chi connectivity index (χ3n) is 4.52. The molecule has 0 aromatic heterocycles. The van der Waals surface area contributed by atoms with Crippen LogP contribution < -0.4 is 5.32 Å². The van der Waals surface area contributed by atoms with Crippen molar-refractivity contribution >= 4 is 5.69 Å². The van der Waals surface area contributed by atoms with E-state index >= 15 is 0 Å². The molecule has 0 aliphatic heterocycles. The molecule has 1 aliphatic carbocycles. The molecule has 1 nitrogen and oxygen atoms in total. The van der Waals surface area contributed by atoms with Crippen molar-refractivity contribution in [3.05, 3.63) is 29.6 Å². The summed E-state index contributed by atoms with van der Waals surface area (Å²) in [6.07, 6.45) is 4.79. The van der Waals surface area contributed by atoms with E-state index in [-0.39, 0.29) is 5.82 Å². The molecule has 1 aromatic rings. The number of anilines is 1. The smallest absolute Gasteiger partial charge is 0.146 e. The van der Waals surface area contributed by atoms with Crippen molar-refractivity contribution in [1.29, 1.82) is 0 Å². The van der Waals surface area contributed by atoms with Crippen LogP contribution >= 0.6 is 0 Å². The molecular weight excluding hydrogens is 237 g/mol. The molecule has 0 radical (unpaired) electrons. The molecule has 1 N–H and O–H groups in total. The van der Waals surface area contributed by atoms with Gasteiger partial charge in [0.1, 0.15) is 5.82 Å². The lowest BCUT2D eigenvalue weighted by atomic mass is 9.71. The Hall–Kier alpha value is -1.05. The average molecular weight is 263 g/mol. The number of hydrogen-bond acceptors (Lipinski definition) is 1. The fourth-order valence-electron chi connectivity index (χ4n) is 3.12. The van der Waals surface area contributed by atoms with Gasteiger partial charge in [0, 0.05) is 6.04 Å². The molecule has 1 aromatic carbocycles. The Morgan fingerprint density at radius 3 is 2.26 bits per heavy atom. The molecule has 0 heterocycles. The first-order valence-electron chi connectivity index (χ1n) is 7.39. The normalized spacial score (nSPS) is 24.3. The SMILES string of the molecule is Cc1cccc(F)c1NC1CCC(C(C)(C)C)CC1. The van der Waals surface area contributed by atoms with Crippen molar-refractivity contribution in [3.8, 4) is 0 Å². The maximum absolute atomic E-state index is 13.8. The molecule has 106 valence electrons. The van der Waals surface area contributed by atoms with Gasteiger partial charge in [-0.3, -0.25) is 0 Å². The van der Waals surface area contributed by atoms with Gasteiger partial charge in [0.15, 0.2) is 0 Å². The third-order valence-corrected chi connectivity index (χ3v) is 4.52. The molecule has 2 rings (SSSR count). The maximum Gasteiger partial charge on any atom is 0.146 e. The molecule has 0 bridgehead atoms. The van der Waals surface area contributed by atoms with Gasteiger partial charge >= 0.3 is 0 Å². The Bertz CT molecular complexity index is 405. The van der Waals surface area contributed by atoms with Gasteiger partial charge in [0.2, 0.25) is 0 Å². The van der Waals surface area contributed by atoms with Crippen LogP contribution in [0.3, 0.4) is 0 Å². The summed E-state index contributed by atoms with van der Waals surface area (Å²) >= 11 is 0. The minimum absolute atomic E-state index is 0.127. The second kappa shape index (κ2) is 5.52. The zero-order valence-electron chi connectivity index (χ0n) is 12.6. The third kappa shape index (κ3) is 3.49. The molecule has 19 heavy (non-hydrogen) atoms. The van der Waals surface area contributed by atoms with Gasteiger partial charge < -0.3 is 5.32 Å². The van der Waals surface area contributed by atoms with Crippen LogP contribution in [-0.2, 0) is 0 Å². The summed E-state index contributed by atoms with van der Waals surface area (Å²) < 4.78 is 13.8. The average Bonchev–Trinajstić information content (AvgIpc) is 2.33. The second-order valence-corrected chi connectivity index (χ2v) is 6.99. The quantitative estimate of drug-likeness (QED) is 0.778. The molecule has 0 saturated heterocycles. The van der Waals surface area contributed by atoms with Crippen LogP contribution in [0.2, 0.25) is 0 Å². The summed E-state index contributed by atoms with van der Waals surface area (Å²) in [5, 5.41) is 3.41. The van der Waals surface area contributed by atoms with Crippen LogP contribution in [-0.4, -0.2) is 6.04 Å². The van der Waals surface area contributed by atoms with Crippen LogP contribution in [0.1, 0.15) is 52.0 Å². The van der Waals surface area contributed by atoms with E-state index in [0.29, 0.717) is 17.1 Å². The molecule has 1 aliphatic rings. The van der Waals surface area contributed by atoms with Gasteiger partial charge in [-0.25, -0.2) is 4.39 Å². The van der Waals surface area contributed by atoms with Crippen molar-refractivity contribution < 1.29 is 4.39 Å². The number of para-hydroxylation sites is 1. The second-order valence-electron chi connectivity index (χ2n) is 6.99. The summed E-state index contributed by atoms with van der Waals surface area (Å²) in [6, 6.07) is 5.70. The number of rotatable bonds is 2. The Balaban J connectivity index is 1.96. The topological polar surface area (TPSA) is 12.0 Å².